The van der Waals surface area contributed by atoms with E-state index in [2.05, 4.69) is 48.6 Å². The first-order valence-corrected chi connectivity index (χ1v) is 6.29. The van der Waals surface area contributed by atoms with Crippen LogP contribution in [0.15, 0.2) is 54.6 Å². The van der Waals surface area contributed by atoms with Crippen LogP contribution in [0.1, 0.15) is 26.3 Å². The molecule has 2 aromatic rings. The molecule has 0 saturated heterocycles. The van der Waals surface area contributed by atoms with E-state index in [9.17, 15) is 0 Å². The predicted molar refractivity (Wildman–Crippen MR) is 76.9 cm³/mol. The Balaban J connectivity index is 0.000000686. The molecule has 0 aliphatic carbocycles. The van der Waals surface area contributed by atoms with E-state index < -0.39 is 0 Å². The van der Waals surface area contributed by atoms with Crippen molar-refractivity contribution in [3.05, 3.63) is 60.2 Å². The lowest BCUT2D eigenvalue weighted by molar-refractivity contribution is 1.14. The van der Waals surface area contributed by atoms with Crippen molar-refractivity contribution in [2.75, 3.05) is 5.32 Å². The third-order valence-corrected chi connectivity index (χ3v) is 2.40. The van der Waals surface area contributed by atoms with Crippen molar-refractivity contribution in [3.63, 3.8) is 0 Å². The molecule has 0 fully saturated rings. The summed E-state index contributed by atoms with van der Waals surface area (Å²) in [5.41, 5.74) is 3.64. The molecule has 1 heteroatoms. The molecule has 0 saturated carbocycles. The molecule has 0 heterocycles. The van der Waals surface area contributed by atoms with Gasteiger partial charge < -0.3 is 5.32 Å². The van der Waals surface area contributed by atoms with Crippen molar-refractivity contribution >= 4 is 11.4 Å². The topological polar surface area (TPSA) is 12.0 Å². The van der Waals surface area contributed by atoms with Crippen LogP contribution in [0.25, 0.3) is 0 Å². The van der Waals surface area contributed by atoms with Gasteiger partial charge in [0.1, 0.15) is 0 Å². The molecular formula is C16H21N. The Kier molecular flexibility index (Phi) is 5.87. The van der Waals surface area contributed by atoms with E-state index in [1.165, 1.54) is 5.56 Å². The number of rotatable bonds is 3. The van der Waals surface area contributed by atoms with Gasteiger partial charge >= 0.3 is 0 Å². The van der Waals surface area contributed by atoms with Gasteiger partial charge in [0.05, 0.1) is 0 Å². The quantitative estimate of drug-likeness (QED) is 0.776. The number of hydrogen-bond acceptors (Lipinski definition) is 1. The smallest absolute Gasteiger partial charge is 0.0386 e. The van der Waals surface area contributed by atoms with Crippen LogP contribution in [-0.2, 0) is 6.42 Å². The summed E-state index contributed by atoms with van der Waals surface area (Å²) in [5.74, 6) is 0. The average molecular weight is 227 g/mol. The van der Waals surface area contributed by atoms with Crippen LogP contribution in [0.5, 0.6) is 0 Å². The molecule has 0 aromatic heterocycles. The molecule has 1 nitrogen and oxygen atoms in total. The highest BCUT2D eigenvalue weighted by Gasteiger charge is 1.94. The largest absolute Gasteiger partial charge is 0.356 e. The van der Waals surface area contributed by atoms with Crippen LogP contribution in [0.3, 0.4) is 0 Å². The maximum absolute atomic E-state index is 3.38. The fraction of sp³-hybridized carbons (Fsp3) is 0.250. The molecule has 0 spiro atoms. The van der Waals surface area contributed by atoms with Crippen LogP contribution >= 0.6 is 0 Å². The molecule has 0 bridgehead atoms. The van der Waals surface area contributed by atoms with Gasteiger partial charge in [-0.2, -0.15) is 0 Å². The highest BCUT2D eigenvalue weighted by molar-refractivity contribution is 5.59. The summed E-state index contributed by atoms with van der Waals surface area (Å²) < 4.78 is 0. The number of benzene rings is 2. The lowest BCUT2D eigenvalue weighted by atomic mass is 10.1. The van der Waals surface area contributed by atoms with Crippen molar-refractivity contribution in [2.45, 2.75) is 27.2 Å². The molecule has 1 N–H and O–H groups in total. The summed E-state index contributed by atoms with van der Waals surface area (Å²) in [6.07, 6.45) is 1.07. The summed E-state index contributed by atoms with van der Waals surface area (Å²) in [6, 6.07) is 18.7. The number of nitrogens with one attached hydrogen (secondary N) is 1. The Morgan fingerprint density at radius 3 is 2.12 bits per heavy atom. The normalized spacial score (nSPS) is 9.12. The minimum Gasteiger partial charge on any atom is -0.356 e. The van der Waals surface area contributed by atoms with Crippen LogP contribution < -0.4 is 5.32 Å². The Labute approximate surface area is 105 Å². The highest BCUT2D eigenvalue weighted by atomic mass is 14.9. The standard InChI is InChI=1S/C14H15N.C2H6/c1-2-12-7-6-10-14(11-12)15-13-8-4-3-5-9-13;1-2/h3-11,15H,2H2,1H3;1-2H3. The molecule has 90 valence electrons. The Bertz CT molecular complexity index is 421. The van der Waals surface area contributed by atoms with Crippen LogP contribution in [-0.4, -0.2) is 0 Å². The van der Waals surface area contributed by atoms with Crippen LogP contribution in [0.4, 0.5) is 11.4 Å². The van der Waals surface area contributed by atoms with E-state index in [4.69, 9.17) is 0 Å². The molecule has 17 heavy (non-hydrogen) atoms. The zero-order valence-corrected chi connectivity index (χ0v) is 10.9. The van der Waals surface area contributed by atoms with Gasteiger partial charge in [-0.3, -0.25) is 0 Å². The fourth-order valence-electron chi connectivity index (χ4n) is 1.56. The second-order valence-electron chi connectivity index (χ2n) is 3.54. The van der Waals surface area contributed by atoms with Crippen molar-refractivity contribution < 1.29 is 0 Å². The molecule has 0 unspecified atom stereocenters. The molecule has 0 aliphatic rings. The average Bonchev–Trinajstić information content (AvgIpc) is 2.42. The summed E-state index contributed by atoms with van der Waals surface area (Å²) in [6.45, 7) is 6.17. The number of aryl methyl sites for hydroxylation is 1. The van der Waals surface area contributed by atoms with Gasteiger partial charge in [0, 0.05) is 11.4 Å². The van der Waals surface area contributed by atoms with Gasteiger partial charge in [-0.15, -0.1) is 0 Å². The van der Waals surface area contributed by atoms with Crippen molar-refractivity contribution in [3.8, 4) is 0 Å². The molecule has 0 atom stereocenters. The third-order valence-electron chi connectivity index (χ3n) is 2.40. The Hall–Kier alpha value is -1.76. The van der Waals surface area contributed by atoms with Crippen molar-refractivity contribution in [2.24, 2.45) is 0 Å². The minimum absolute atomic E-state index is 1.07. The zero-order valence-electron chi connectivity index (χ0n) is 10.9. The van der Waals surface area contributed by atoms with E-state index in [0.717, 1.165) is 17.8 Å². The SMILES string of the molecule is CC.CCc1cccc(Nc2ccccc2)c1. The van der Waals surface area contributed by atoms with Gasteiger partial charge in [0.15, 0.2) is 0 Å². The lowest BCUT2D eigenvalue weighted by Crippen LogP contribution is -1.90. The fourth-order valence-corrected chi connectivity index (χ4v) is 1.56. The monoisotopic (exact) mass is 227 g/mol. The van der Waals surface area contributed by atoms with E-state index in [-0.39, 0.29) is 0 Å². The molecule has 0 aliphatic heterocycles. The highest BCUT2D eigenvalue weighted by Crippen LogP contribution is 2.17. The van der Waals surface area contributed by atoms with E-state index in [1.54, 1.807) is 0 Å². The summed E-state index contributed by atoms with van der Waals surface area (Å²) >= 11 is 0. The first-order valence-electron chi connectivity index (χ1n) is 6.29. The van der Waals surface area contributed by atoms with Gasteiger partial charge in [0.2, 0.25) is 0 Å². The Morgan fingerprint density at radius 2 is 1.47 bits per heavy atom. The maximum Gasteiger partial charge on any atom is 0.0386 e. The van der Waals surface area contributed by atoms with Gasteiger partial charge in [-0.25, -0.2) is 0 Å². The molecule has 0 radical (unpaired) electrons. The van der Waals surface area contributed by atoms with Gasteiger partial charge in [0.25, 0.3) is 0 Å². The molecule has 2 aromatic carbocycles. The van der Waals surface area contributed by atoms with Crippen LogP contribution in [0.2, 0.25) is 0 Å². The predicted octanol–water partition coefficient (Wildman–Crippen LogP) is 5.02. The van der Waals surface area contributed by atoms with E-state index in [1.807, 2.05) is 32.0 Å². The third kappa shape index (κ3) is 4.31. The molecular weight excluding hydrogens is 206 g/mol. The Morgan fingerprint density at radius 1 is 0.824 bits per heavy atom. The van der Waals surface area contributed by atoms with Crippen molar-refractivity contribution in [1.29, 1.82) is 0 Å². The summed E-state index contributed by atoms with van der Waals surface area (Å²) in [7, 11) is 0. The second kappa shape index (κ2) is 7.50. The van der Waals surface area contributed by atoms with Crippen molar-refractivity contribution in [1.82, 2.24) is 0 Å². The molecule has 0 amide bonds. The first kappa shape index (κ1) is 13.3. The zero-order chi connectivity index (χ0) is 12.5. The van der Waals surface area contributed by atoms with Gasteiger partial charge in [-0.1, -0.05) is 51.1 Å². The van der Waals surface area contributed by atoms with E-state index >= 15 is 0 Å². The van der Waals surface area contributed by atoms with E-state index in [0.29, 0.717) is 0 Å². The first-order chi connectivity index (χ1) is 8.38. The number of anilines is 2. The maximum atomic E-state index is 3.38. The second-order valence-corrected chi connectivity index (χ2v) is 3.54. The summed E-state index contributed by atoms with van der Waals surface area (Å²) in [4.78, 5) is 0. The van der Waals surface area contributed by atoms with Gasteiger partial charge in [-0.05, 0) is 36.2 Å². The van der Waals surface area contributed by atoms with Crippen LogP contribution in [0, 0.1) is 0 Å². The number of para-hydroxylation sites is 1. The summed E-state index contributed by atoms with van der Waals surface area (Å²) in [5, 5.41) is 3.38. The molecule has 2 rings (SSSR count). The number of hydrogen-bond donors (Lipinski definition) is 1. The lowest BCUT2D eigenvalue weighted by Gasteiger charge is -2.07. The minimum atomic E-state index is 1.07.